The molecule has 0 aliphatic heterocycles. The number of methoxy groups -OCH3 is 1. The van der Waals surface area contributed by atoms with E-state index < -0.39 is 0 Å². The van der Waals surface area contributed by atoms with Gasteiger partial charge in [-0.15, -0.1) is 11.6 Å². The number of ether oxygens (including phenoxy) is 1. The Balaban J connectivity index is 2.76. The van der Waals surface area contributed by atoms with Crippen LogP contribution in [0.4, 0.5) is 0 Å². The van der Waals surface area contributed by atoms with Crippen LogP contribution in [0.15, 0.2) is 18.2 Å². The first-order chi connectivity index (χ1) is 6.36. The number of nitrogens with zero attached hydrogens (tertiary/aromatic N) is 1. The predicted molar refractivity (Wildman–Crippen MR) is 52.2 cm³/mol. The number of aromatic amines is 1. The van der Waals surface area contributed by atoms with Gasteiger partial charge in [0, 0.05) is 0 Å². The molecule has 0 bridgehead atoms. The number of alkyl halides is 1. The SMILES string of the molecule is COc1cccc2n[nH]c(CCl)c12. The minimum absolute atomic E-state index is 0.414. The zero-order valence-electron chi connectivity index (χ0n) is 7.17. The summed E-state index contributed by atoms with van der Waals surface area (Å²) < 4.78 is 5.21. The van der Waals surface area contributed by atoms with Gasteiger partial charge in [-0.3, -0.25) is 5.10 Å². The molecule has 0 aliphatic carbocycles. The van der Waals surface area contributed by atoms with Crippen molar-refractivity contribution in [3.63, 3.8) is 0 Å². The first-order valence-electron chi connectivity index (χ1n) is 3.92. The Morgan fingerprint density at radius 1 is 1.54 bits per heavy atom. The zero-order chi connectivity index (χ0) is 9.26. The Kier molecular flexibility index (Phi) is 2.10. The molecule has 13 heavy (non-hydrogen) atoms. The van der Waals surface area contributed by atoms with Crippen molar-refractivity contribution in [3.05, 3.63) is 23.9 Å². The number of rotatable bonds is 2. The normalized spacial score (nSPS) is 10.6. The molecule has 0 spiro atoms. The molecular weight excluding hydrogens is 188 g/mol. The minimum Gasteiger partial charge on any atom is -0.496 e. The van der Waals surface area contributed by atoms with Crippen molar-refractivity contribution in [2.45, 2.75) is 5.88 Å². The summed E-state index contributed by atoms with van der Waals surface area (Å²) in [6.45, 7) is 0. The Morgan fingerprint density at radius 3 is 3.08 bits per heavy atom. The summed E-state index contributed by atoms with van der Waals surface area (Å²) in [5.74, 6) is 1.22. The Hall–Kier alpha value is -1.22. The van der Waals surface area contributed by atoms with Gasteiger partial charge in [0.05, 0.1) is 29.6 Å². The van der Waals surface area contributed by atoms with E-state index in [2.05, 4.69) is 10.2 Å². The zero-order valence-corrected chi connectivity index (χ0v) is 7.93. The maximum Gasteiger partial charge on any atom is 0.130 e. The van der Waals surface area contributed by atoms with Crippen molar-refractivity contribution in [2.75, 3.05) is 7.11 Å². The van der Waals surface area contributed by atoms with Gasteiger partial charge in [-0.1, -0.05) is 6.07 Å². The quantitative estimate of drug-likeness (QED) is 0.749. The number of nitrogens with one attached hydrogen (secondary N) is 1. The van der Waals surface area contributed by atoms with E-state index in [-0.39, 0.29) is 0 Å². The monoisotopic (exact) mass is 196 g/mol. The molecule has 0 unspecified atom stereocenters. The lowest BCUT2D eigenvalue weighted by Gasteiger charge is -2.00. The number of halogens is 1. The van der Waals surface area contributed by atoms with Crippen molar-refractivity contribution < 1.29 is 4.74 Å². The van der Waals surface area contributed by atoms with E-state index in [1.54, 1.807) is 7.11 Å². The molecule has 1 aromatic heterocycles. The van der Waals surface area contributed by atoms with Gasteiger partial charge >= 0.3 is 0 Å². The first-order valence-corrected chi connectivity index (χ1v) is 4.46. The lowest BCUT2D eigenvalue weighted by atomic mass is 10.2. The van der Waals surface area contributed by atoms with Crippen LogP contribution in [0.3, 0.4) is 0 Å². The highest BCUT2D eigenvalue weighted by Gasteiger charge is 2.08. The molecule has 3 nitrogen and oxygen atoms in total. The number of hydrogen-bond acceptors (Lipinski definition) is 2. The van der Waals surface area contributed by atoms with E-state index in [9.17, 15) is 0 Å². The smallest absolute Gasteiger partial charge is 0.130 e. The molecule has 2 rings (SSSR count). The second kappa shape index (κ2) is 3.26. The van der Waals surface area contributed by atoms with Gasteiger partial charge in [-0.2, -0.15) is 5.10 Å². The van der Waals surface area contributed by atoms with E-state index in [4.69, 9.17) is 16.3 Å². The van der Waals surface area contributed by atoms with Crippen LogP contribution in [0.5, 0.6) is 5.75 Å². The average molecular weight is 197 g/mol. The summed E-state index contributed by atoms with van der Waals surface area (Å²) in [7, 11) is 1.64. The van der Waals surface area contributed by atoms with Gasteiger partial charge in [0.15, 0.2) is 0 Å². The van der Waals surface area contributed by atoms with Crippen molar-refractivity contribution in [2.24, 2.45) is 0 Å². The maximum atomic E-state index is 5.75. The summed E-state index contributed by atoms with van der Waals surface area (Å²) in [4.78, 5) is 0. The molecular formula is C9H9ClN2O. The van der Waals surface area contributed by atoms with Crippen LogP contribution >= 0.6 is 11.6 Å². The second-order valence-electron chi connectivity index (χ2n) is 2.69. The molecule has 0 amide bonds. The Bertz CT molecular complexity index is 424. The Morgan fingerprint density at radius 2 is 2.38 bits per heavy atom. The lowest BCUT2D eigenvalue weighted by molar-refractivity contribution is 0.419. The third-order valence-electron chi connectivity index (χ3n) is 1.97. The van der Waals surface area contributed by atoms with Crippen molar-refractivity contribution in [3.8, 4) is 5.75 Å². The first kappa shape index (κ1) is 8.38. The van der Waals surface area contributed by atoms with E-state index in [1.165, 1.54) is 0 Å². The molecule has 0 saturated heterocycles. The van der Waals surface area contributed by atoms with Crippen LogP contribution in [0.25, 0.3) is 10.9 Å². The van der Waals surface area contributed by atoms with Gasteiger partial charge < -0.3 is 4.74 Å². The lowest BCUT2D eigenvalue weighted by Crippen LogP contribution is -1.85. The van der Waals surface area contributed by atoms with Crippen LogP contribution in [0, 0.1) is 0 Å². The number of fused-ring (bicyclic) bond motifs is 1. The second-order valence-corrected chi connectivity index (χ2v) is 2.96. The van der Waals surface area contributed by atoms with Crippen molar-refractivity contribution in [1.29, 1.82) is 0 Å². The van der Waals surface area contributed by atoms with E-state index in [0.29, 0.717) is 5.88 Å². The standard InChI is InChI=1S/C9H9ClN2O/c1-13-8-4-2-3-6-9(8)7(5-10)12-11-6/h2-4H,5H2,1H3,(H,11,12). The molecule has 0 saturated carbocycles. The highest BCUT2D eigenvalue weighted by atomic mass is 35.5. The Labute approximate surface area is 80.7 Å². The fourth-order valence-electron chi connectivity index (χ4n) is 1.37. The predicted octanol–water partition coefficient (Wildman–Crippen LogP) is 2.31. The van der Waals surface area contributed by atoms with Crippen molar-refractivity contribution >= 4 is 22.5 Å². The molecule has 1 heterocycles. The third kappa shape index (κ3) is 1.25. The topological polar surface area (TPSA) is 37.9 Å². The molecule has 2 aromatic rings. The van der Waals surface area contributed by atoms with Gasteiger partial charge in [-0.25, -0.2) is 0 Å². The largest absolute Gasteiger partial charge is 0.496 e. The number of hydrogen-bond donors (Lipinski definition) is 1. The van der Waals surface area contributed by atoms with Gasteiger partial charge in [-0.05, 0) is 12.1 Å². The molecule has 0 atom stereocenters. The van der Waals surface area contributed by atoms with E-state index in [1.807, 2.05) is 18.2 Å². The van der Waals surface area contributed by atoms with Crippen LogP contribution in [-0.2, 0) is 5.88 Å². The summed E-state index contributed by atoms with van der Waals surface area (Å²) in [5, 5.41) is 7.96. The van der Waals surface area contributed by atoms with Gasteiger partial charge in [0.1, 0.15) is 5.75 Å². The molecule has 1 aromatic carbocycles. The molecule has 4 heteroatoms. The molecule has 0 radical (unpaired) electrons. The summed E-state index contributed by atoms with van der Waals surface area (Å²) in [6, 6.07) is 5.72. The number of H-pyrrole nitrogens is 1. The van der Waals surface area contributed by atoms with E-state index in [0.717, 1.165) is 22.3 Å². The highest BCUT2D eigenvalue weighted by molar-refractivity contribution is 6.18. The average Bonchev–Trinajstić information content (AvgIpc) is 2.60. The third-order valence-corrected chi connectivity index (χ3v) is 2.24. The van der Waals surface area contributed by atoms with E-state index >= 15 is 0 Å². The van der Waals surface area contributed by atoms with Crippen molar-refractivity contribution in [1.82, 2.24) is 10.2 Å². The molecule has 1 N–H and O–H groups in total. The summed E-state index contributed by atoms with van der Waals surface area (Å²) in [5.41, 5.74) is 1.78. The van der Waals surface area contributed by atoms with Gasteiger partial charge in [0.2, 0.25) is 0 Å². The summed E-state index contributed by atoms with van der Waals surface area (Å²) in [6.07, 6.45) is 0. The van der Waals surface area contributed by atoms with Crippen LogP contribution in [0.1, 0.15) is 5.69 Å². The van der Waals surface area contributed by atoms with Gasteiger partial charge in [0.25, 0.3) is 0 Å². The number of aromatic nitrogens is 2. The van der Waals surface area contributed by atoms with Crippen LogP contribution in [-0.4, -0.2) is 17.3 Å². The van der Waals surface area contributed by atoms with Crippen LogP contribution < -0.4 is 4.74 Å². The minimum atomic E-state index is 0.414. The maximum absolute atomic E-state index is 5.75. The fourth-order valence-corrected chi connectivity index (χ4v) is 1.56. The summed E-state index contributed by atoms with van der Waals surface area (Å²) >= 11 is 5.75. The molecule has 0 fully saturated rings. The van der Waals surface area contributed by atoms with Crippen LogP contribution in [0.2, 0.25) is 0 Å². The molecule has 0 aliphatic rings. The highest BCUT2D eigenvalue weighted by Crippen LogP contribution is 2.27. The fraction of sp³-hybridized carbons (Fsp3) is 0.222. The number of benzene rings is 1. The molecule has 68 valence electrons.